The number of hydrogen-bond acceptors (Lipinski definition) is 4. The summed E-state index contributed by atoms with van der Waals surface area (Å²) in [6.45, 7) is 3.00. The molecular weight excluding hydrogens is 476 g/mol. The molecule has 0 aliphatic heterocycles. The van der Waals surface area contributed by atoms with Crippen LogP contribution in [0.4, 0.5) is 5.69 Å². The number of nitro benzene ring substituents is 1. The second kappa shape index (κ2) is 10.7. The van der Waals surface area contributed by atoms with Crippen molar-refractivity contribution in [3.8, 4) is 11.1 Å². The molecule has 0 amide bonds. The van der Waals surface area contributed by atoms with Crippen molar-refractivity contribution in [3.63, 3.8) is 0 Å². The van der Waals surface area contributed by atoms with E-state index in [9.17, 15) is 14.9 Å². The van der Waals surface area contributed by atoms with E-state index in [1.807, 2.05) is 66.1 Å². The summed E-state index contributed by atoms with van der Waals surface area (Å²) in [6.07, 6.45) is 1.43. The maximum Gasteiger partial charge on any atom is 0.269 e. The highest BCUT2D eigenvalue weighted by Crippen LogP contribution is 2.23. The molecule has 0 atom stereocenters. The lowest BCUT2D eigenvalue weighted by Gasteiger charge is -2.18. The minimum Gasteiger partial charge on any atom is -0.325 e. The van der Waals surface area contributed by atoms with Gasteiger partial charge in [-0.1, -0.05) is 60.7 Å². The summed E-state index contributed by atoms with van der Waals surface area (Å²) in [6, 6.07) is 30.0. The molecule has 2 aromatic heterocycles. The number of pyridine rings is 2. The van der Waals surface area contributed by atoms with Gasteiger partial charge in [-0.3, -0.25) is 20.3 Å². The lowest BCUT2D eigenvalue weighted by atomic mass is 10.0. The minimum absolute atomic E-state index is 0.0167. The van der Waals surface area contributed by atoms with Crippen molar-refractivity contribution in [2.45, 2.75) is 32.9 Å². The van der Waals surface area contributed by atoms with Crippen LogP contribution in [-0.4, -0.2) is 14.1 Å². The van der Waals surface area contributed by atoms with Crippen molar-refractivity contribution in [3.05, 3.63) is 140 Å². The molecule has 1 N–H and O–H groups in total. The maximum absolute atomic E-state index is 13.8. The van der Waals surface area contributed by atoms with Gasteiger partial charge in [0, 0.05) is 36.5 Å². The first-order valence-corrected chi connectivity index (χ1v) is 12.6. The highest BCUT2D eigenvalue weighted by atomic mass is 16.6. The smallest absolute Gasteiger partial charge is 0.269 e. The molecular formula is C31H28N4O3. The number of hydrogen-bond donors (Lipinski definition) is 1. The molecule has 0 radical (unpaired) electrons. The van der Waals surface area contributed by atoms with Gasteiger partial charge >= 0.3 is 0 Å². The van der Waals surface area contributed by atoms with Gasteiger partial charge in [0.05, 0.1) is 15.8 Å². The topological polar surface area (TPSA) is 93.9 Å². The number of nitrogens with zero attached hydrogens (tertiary/aromatic N) is 3. The van der Waals surface area contributed by atoms with Gasteiger partial charge < -0.3 is 9.13 Å². The van der Waals surface area contributed by atoms with Gasteiger partial charge in [-0.25, -0.2) is 0 Å². The Morgan fingerprint density at radius 2 is 1.34 bits per heavy atom. The summed E-state index contributed by atoms with van der Waals surface area (Å²) in [5, 5.41) is 20.8. The van der Waals surface area contributed by atoms with E-state index in [0.717, 1.165) is 28.8 Å². The molecule has 190 valence electrons. The Labute approximate surface area is 219 Å². The van der Waals surface area contributed by atoms with Crippen LogP contribution in [0.1, 0.15) is 16.8 Å². The third-order valence-corrected chi connectivity index (χ3v) is 6.95. The first kappa shape index (κ1) is 24.9. The van der Waals surface area contributed by atoms with E-state index in [-0.39, 0.29) is 16.7 Å². The summed E-state index contributed by atoms with van der Waals surface area (Å²) in [5.41, 5.74) is 5.23. The molecule has 7 nitrogen and oxygen atoms in total. The van der Waals surface area contributed by atoms with Crippen LogP contribution in [0.2, 0.25) is 0 Å². The first-order chi connectivity index (χ1) is 18.4. The normalized spacial score (nSPS) is 11.1. The molecule has 0 aliphatic rings. The number of fused-ring (bicyclic) bond motifs is 1. The largest absolute Gasteiger partial charge is 0.325 e. The Hall–Kier alpha value is -4.78. The predicted molar refractivity (Wildman–Crippen MR) is 149 cm³/mol. The number of aryl methyl sites for hydroxylation is 4. The Morgan fingerprint density at radius 3 is 1.89 bits per heavy atom. The zero-order chi connectivity index (χ0) is 26.6. The van der Waals surface area contributed by atoms with E-state index >= 15 is 0 Å². The second-order valence-electron chi connectivity index (χ2n) is 9.37. The van der Waals surface area contributed by atoms with E-state index < -0.39 is 4.92 Å². The fraction of sp³-hybridized carbons (Fsp3) is 0.161. The van der Waals surface area contributed by atoms with E-state index in [4.69, 9.17) is 5.41 Å². The molecule has 38 heavy (non-hydrogen) atoms. The van der Waals surface area contributed by atoms with Crippen LogP contribution in [0.25, 0.3) is 22.0 Å². The van der Waals surface area contributed by atoms with Crippen LogP contribution >= 0.6 is 0 Å². The monoisotopic (exact) mass is 504 g/mol. The molecule has 3 aromatic carbocycles. The van der Waals surface area contributed by atoms with Crippen molar-refractivity contribution in [2.75, 3.05) is 0 Å². The Balaban J connectivity index is 1.64. The molecule has 0 fully saturated rings. The number of nitrogens with one attached hydrogen (secondary N) is 1. The lowest BCUT2D eigenvalue weighted by Crippen LogP contribution is -2.29. The predicted octanol–water partition coefficient (Wildman–Crippen LogP) is 5.65. The first-order valence-electron chi connectivity index (χ1n) is 12.6. The molecule has 5 rings (SSSR count). The van der Waals surface area contributed by atoms with Crippen molar-refractivity contribution in [1.29, 1.82) is 5.41 Å². The lowest BCUT2D eigenvalue weighted by molar-refractivity contribution is -0.384. The number of aromatic nitrogens is 2. The van der Waals surface area contributed by atoms with Gasteiger partial charge in [0.25, 0.3) is 11.2 Å². The molecule has 0 unspecified atom stereocenters. The number of non-ortho nitro benzene ring substituents is 1. The number of nitro groups is 1. The van der Waals surface area contributed by atoms with Gasteiger partial charge in [-0.2, -0.15) is 0 Å². The molecule has 0 bridgehead atoms. The van der Waals surface area contributed by atoms with Crippen LogP contribution < -0.4 is 11.0 Å². The average molecular weight is 505 g/mol. The van der Waals surface area contributed by atoms with Crippen molar-refractivity contribution in [1.82, 2.24) is 9.13 Å². The second-order valence-corrected chi connectivity index (χ2v) is 9.37. The van der Waals surface area contributed by atoms with Crippen LogP contribution in [0.5, 0.6) is 0 Å². The van der Waals surface area contributed by atoms with E-state index in [1.165, 1.54) is 12.1 Å². The third kappa shape index (κ3) is 5.04. The fourth-order valence-electron chi connectivity index (χ4n) is 4.87. The van der Waals surface area contributed by atoms with Gasteiger partial charge in [-0.15, -0.1) is 0 Å². The van der Waals surface area contributed by atoms with Crippen molar-refractivity contribution >= 4 is 16.6 Å². The molecule has 2 heterocycles. The van der Waals surface area contributed by atoms with Crippen LogP contribution in [0, 0.1) is 22.4 Å². The number of rotatable bonds is 8. The van der Waals surface area contributed by atoms with Crippen molar-refractivity contribution < 1.29 is 4.92 Å². The molecule has 0 saturated heterocycles. The summed E-state index contributed by atoms with van der Waals surface area (Å²) < 4.78 is 3.68. The summed E-state index contributed by atoms with van der Waals surface area (Å²) in [7, 11) is 0. The average Bonchev–Trinajstić information content (AvgIpc) is 2.93. The van der Waals surface area contributed by atoms with Gasteiger partial charge in [0.15, 0.2) is 0 Å². The van der Waals surface area contributed by atoms with E-state index in [0.29, 0.717) is 36.0 Å². The van der Waals surface area contributed by atoms with Gasteiger partial charge in [0.1, 0.15) is 5.49 Å². The Kier molecular flexibility index (Phi) is 7.00. The van der Waals surface area contributed by atoms with Crippen LogP contribution in [0.15, 0.2) is 102 Å². The highest BCUT2D eigenvalue weighted by molar-refractivity contribution is 5.83. The quantitative estimate of drug-likeness (QED) is 0.218. The van der Waals surface area contributed by atoms with E-state index in [2.05, 4.69) is 12.1 Å². The van der Waals surface area contributed by atoms with Crippen molar-refractivity contribution in [2.24, 2.45) is 0 Å². The molecule has 7 heteroatoms. The van der Waals surface area contributed by atoms with Crippen LogP contribution in [-0.2, 0) is 25.9 Å². The molecule has 0 spiro atoms. The SMILES string of the molecule is Cc1cc2c(cc(-c3ccc([N+](=O)[O-])cc3)c(=N)n2CCc2ccccc2)c(=O)n1CCc1ccccc1. The molecule has 0 aliphatic carbocycles. The Bertz CT molecular complexity index is 1720. The standard InChI is InChI=1S/C31H28N4O3/c1-22-20-29-28(31(36)33(22)18-16-23-8-4-2-5-9-23)21-27(25-12-14-26(15-13-25)35(37)38)30(32)34(29)19-17-24-10-6-3-7-11-24/h2-15,20-21,32H,16-19H2,1H3. The summed E-state index contributed by atoms with van der Waals surface area (Å²) in [4.78, 5) is 24.6. The highest BCUT2D eigenvalue weighted by Gasteiger charge is 2.16. The Morgan fingerprint density at radius 1 is 0.789 bits per heavy atom. The summed E-state index contributed by atoms with van der Waals surface area (Å²) in [5.74, 6) is 0. The summed E-state index contributed by atoms with van der Waals surface area (Å²) >= 11 is 0. The number of benzene rings is 3. The van der Waals surface area contributed by atoms with Crippen LogP contribution in [0.3, 0.4) is 0 Å². The van der Waals surface area contributed by atoms with Gasteiger partial charge in [0.2, 0.25) is 0 Å². The fourth-order valence-corrected chi connectivity index (χ4v) is 4.87. The molecule has 0 saturated carbocycles. The third-order valence-electron chi connectivity index (χ3n) is 6.95. The maximum atomic E-state index is 13.8. The zero-order valence-corrected chi connectivity index (χ0v) is 21.1. The van der Waals surface area contributed by atoms with E-state index in [1.54, 1.807) is 22.8 Å². The molecule has 5 aromatic rings. The minimum atomic E-state index is -0.444. The zero-order valence-electron chi connectivity index (χ0n) is 21.1. The van der Waals surface area contributed by atoms with Gasteiger partial charge in [-0.05, 0) is 60.7 Å².